The van der Waals surface area contributed by atoms with Crippen LogP contribution in [0.2, 0.25) is 0 Å². The molecular formula is C68H83N8O19P. The molecule has 0 bridgehead atoms. The number of ether oxygens (including phenoxy) is 2. The zero-order valence-corrected chi connectivity index (χ0v) is 55.5. The third-order valence-corrected chi connectivity index (χ3v) is 15.8. The summed E-state index contributed by atoms with van der Waals surface area (Å²) in [5, 5.41) is 17.4. The van der Waals surface area contributed by atoms with Gasteiger partial charge in [0.15, 0.2) is 11.5 Å². The Bertz CT molecular complexity index is 3360. The molecule has 4 atom stereocenters. The summed E-state index contributed by atoms with van der Waals surface area (Å²) in [6, 6.07) is 29.7. The van der Waals surface area contributed by atoms with E-state index in [1.165, 1.54) is 48.5 Å². The summed E-state index contributed by atoms with van der Waals surface area (Å²) in [6.07, 6.45) is 6.81. The average Bonchev–Trinajstić information content (AvgIpc) is 1.34. The van der Waals surface area contributed by atoms with Crippen LogP contribution in [0.25, 0.3) is 22.6 Å². The number of hydrogen-bond acceptors (Lipinski definition) is 19. The highest BCUT2D eigenvalue weighted by atomic mass is 31.1. The number of nitrogens with zero attached hydrogens (tertiary/aromatic N) is 2. The Balaban J connectivity index is 0.953. The Morgan fingerprint density at radius 3 is 1.23 bits per heavy atom. The summed E-state index contributed by atoms with van der Waals surface area (Å²) in [5.41, 5.74) is 1.50. The normalized spacial score (nSPS) is 12.2. The number of carbonyl (C=O) groups excluding carboxylic acids is 10. The molecule has 8 amide bonds. The van der Waals surface area contributed by atoms with Gasteiger partial charge in [0.25, 0.3) is 23.6 Å². The maximum Gasteiger partial charge on any atom is 0.363 e. The molecule has 0 radical (unpaired) electrons. The third-order valence-electron chi connectivity index (χ3n) is 15.1. The van der Waals surface area contributed by atoms with E-state index >= 15 is 0 Å². The largest absolute Gasteiger partial charge is 0.493 e. The molecule has 0 unspecified atom stereocenters. The van der Waals surface area contributed by atoms with E-state index in [0.717, 1.165) is 35.8 Å². The summed E-state index contributed by atoms with van der Waals surface area (Å²) in [5.74, 6) is -6.06. The second-order valence-corrected chi connectivity index (χ2v) is 22.6. The van der Waals surface area contributed by atoms with Crippen molar-refractivity contribution in [3.8, 4) is 34.1 Å². The minimum atomic E-state index is -3.29. The van der Waals surface area contributed by atoms with Crippen molar-refractivity contribution < 1.29 is 89.5 Å². The van der Waals surface area contributed by atoms with Gasteiger partial charge in [0.1, 0.15) is 36.5 Å². The van der Waals surface area contributed by atoms with Crippen LogP contribution in [0.1, 0.15) is 168 Å². The first-order valence-electron chi connectivity index (χ1n) is 31.8. The van der Waals surface area contributed by atoms with Gasteiger partial charge in [-0.1, -0.05) is 115 Å². The van der Waals surface area contributed by atoms with Crippen LogP contribution in [-0.4, -0.2) is 122 Å². The summed E-state index contributed by atoms with van der Waals surface area (Å²) in [4.78, 5) is 142. The number of hydroxylamine groups is 4. The molecule has 27 nitrogen and oxygen atoms in total. The minimum Gasteiger partial charge on any atom is -0.493 e. The molecule has 0 aliphatic carbocycles. The zero-order valence-electron chi connectivity index (χ0n) is 54.5. The third kappa shape index (κ3) is 22.0. The van der Waals surface area contributed by atoms with Gasteiger partial charge >= 0.3 is 20.2 Å². The van der Waals surface area contributed by atoms with Crippen LogP contribution in [0.5, 0.6) is 11.5 Å². The van der Waals surface area contributed by atoms with Crippen molar-refractivity contribution in [3.05, 3.63) is 155 Å². The summed E-state index contributed by atoms with van der Waals surface area (Å²) in [7, 11) is -3.29. The minimum absolute atomic E-state index is 0.0788. The maximum atomic E-state index is 13.7. The average molecular weight is 1350 g/mol. The molecule has 0 saturated carbocycles. The Morgan fingerprint density at radius 2 is 0.875 bits per heavy atom. The van der Waals surface area contributed by atoms with Crippen LogP contribution in [0.4, 0.5) is 0 Å². The standard InChI is InChI=1S/C68H83N8O19P/c1-7-13-17-27-49(53(9-3)75(43-77)94-67(85)45-23-19-15-20-24-45)61(79)69-39-71-65(83)57-35-33-55(92-57)47-29-31-51(59(37-47)88-11-5)63(81)73-41-90-96(87)91-42-74-64(82)52-32-30-48(38-60(52)89-12-6)56-34-36-58(93-56)66(84)72-40-70-62(80)50(28-18-14-8-2)54(10-4)76(44-78)95-68(86)46-25-21-16-22-26-46/h15-16,19-26,29-38,43-44,49-50,53-54,96H,7-14,17-18,27-28,39-42H2,1-6H3,(H,69,79)(H,70,80)(H,71,83)(H,72,84)(H,73,81)(H,74,82)/t49-,50-,53-,54-/m1/s1. The van der Waals surface area contributed by atoms with Gasteiger partial charge in [-0.05, 0) is 112 Å². The van der Waals surface area contributed by atoms with Crippen LogP contribution < -0.4 is 41.4 Å². The molecule has 0 aliphatic heterocycles. The van der Waals surface area contributed by atoms with E-state index in [4.69, 9.17) is 37.0 Å². The molecule has 0 saturated heterocycles. The molecule has 4 aromatic carbocycles. The van der Waals surface area contributed by atoms with Gasteiger partial charge in [-0.15, -0.1) is 0 Å². The Morgan fingerprint density at radius 1 is 0.479 bits per heavy atom. The summed E-state index contributed by atoms with van der Waals surface area (Å²) < 4.78 is 46.4. The van der Waals surface area contributed by atoms with Gasteiger partial charge in [0.2, 0.25) is 24.6 Å². The van der Waals surface area contributed by atoms with E-state index in [0.29, 0.717) is 49.6 Å². The van der Waals surface area contributed by atoms with Crippen LogP contribution in [0.3, 0.4) is 0 Å². The highest BCUT2D eigenvalue weighted by Crippen LogP contribution is 2.32. The molecule has 2 aromatic heterocycles. The first-order valence-corrected chi connectivity index (χ1v) is 33.0. The molecule has 514 valence electrons. The fraction of sp³-hybridized carbons (Fsp3) is 0.382. The van der Waals surface area contributed by atoms with E-state index in [-0.39, 0.29) is 96.2 Å². The maximum absolute atomic E-state index is 13.7. The monoisotopic (exact) mass is 1350 g/mol. The molecule has 6 rings (SSSR count). The van der Waals surface area contributed by atoms with Crippen molar-refractivity contribution >= 4 is 68.5 Å². The molecule has 0 spiro atoms. The molecule has 2 heterocycles. The van der Waals surface area contributed by atoms with Gasteiger partial charge in [-0.2, -0.15) is 10.1 Å². The predicted molar refractivity (Wildman–Crippen MR) is 350 cm³/mol. The van der Waals surface area contributed by atoms with Crippen molar-refractivity contribution in [2.75, 3.05) is 40.0 Å². The fourth-order valence-electron chi connectivity index (χ4n) is 10.2. The lowest BCUT2D eigenvalue weighted by Gasteiger charge is -2.31. The summed E-state index contributed by atoms with van der Waals surface area (Å²) >= 11 is 0. The number of unbranched alkanes of at least 4 members (excludes halogenated alkanes) is 4. The molecular weight excluding hydrogens is 1260 g/mol. The van der Waals surface area contributed by atoms with Gasteiger partial charge in [-0.25, -0.2) is 9.59 Å². The first kappa shape index (κ1) is 74.9. The molecule has 96 heavy (non-hydrogen) atoms. The van der Waals surface area contributed by atoms with Gasteiger partial charge < -0.3 is 59.9 Å². The van der Waals surface area contributed by atoms with Crippen molar-refractivity contribution in [2.45, 2.75) is 118 Å². The Labute approximate surface area is 556 Å². The van der Waals surface area contributed by atoms with E-state index in [2.05, 4.69) is 31.9 Å². The van der Waals surface area contributed by atoms with Gasteiger partial charge in [0, 0.05) is 11.1 Å². The zero-order chi connectivity index (χ0) is 69.4. The highest BCUT2D eigenvalue weighted by molar-refractivity contribution is 7.33. The number of hydrogen-bond donors (Lipinski definition) is 6. The van der Waals surface area contributed by atoms with E-state index in [1.54, 1.807) is 100 Å². The molecule has 0 aliphatic rings. The van der Waals surface area contributed by atoms with E-state index in [9.17, 15) is 52.5 Å². The predicted octanol–water partition coefficient (Wildman–Crippen LogP) is 9.52. The van der Waals surface area contributed by atoms with Crippen molar-refractivity contribution in [1.82, 2.24) is 42.0 Å². The molecule has 28 heteroatoms. The quantitative estimate of drug-likeness (QED) is 0.00682. The van der Waals surface area contributed by atoms with Gasteiger partial charge in [-0.3, -0.25) is 52.0 Å². The van der Waals surface area contributed by atoms with Crippen molar-refractivity contribution in [3.63, 3.8) is 0 Å². The molecule has 6 N–H and O–H groups in total. The van der Waals surface area contributed by atoms with Crippen LogP contribution in [0, 0.1) is 11.8 Å². The highest BCUT2D eigenvalue weighted by Gasteiger charge is 2.36. The van der Waals surface area contributed by atoms with Gasteiger partial charge in [0.05, 0.1) is 72.7 Å². The van der Waals surface area contributed by atoms with Crippen molar-refractivity contribution in [1.29, 1.82) is 0 Å². The Kier molecular flexibility index (Phi) is 30.9. The number of nitrogens with one attached hydrogen (secondary N) is 6. The lowest BCUT2D eigenvalue weighted by atomic mass is 9.90. The van der Waals surface area contributed by atoms with E-state index in [1.807, 2.05) is 13.8 Å². The number of rotatable bonds is 42. The summed E-state index contributed by atoms with van der Waals surface area (Å²) in [6.45, 7) is 9.61. The SMILES string of the molecule is CCCCC[C@@H](C(=O)NCNC(=O)c1ccc(-c2ccc(C(=O)NCO[PH](=O)OCNC(=O)c3ccc(-c4ccc(C(=O)NCNC(=O)[C@H](CCCCC)[C@@H](CC)N(C=O)OC(=O)c5ccccc5)o4)cc3OCC)c(OCC)c2)o1)[C@@H](CC)N(C=O)OC(=O)c1ccccc1. The van der Waals surface area contributed by atoms with E-state index < -0.39 is 93.0 Å². The smallest absolute Gasteiger partial charge is 0.363 e. The topological polar surface area (TPSA) is 348 Å². The lowest BCUT2D eigenvalue weighted by molar-refractivity contribution is -0.171. The lowest BCUT2D eigenvalue weighted by Crippen LogP contribution is -2.49. The van der Waals surface area contributed by atoms with Crippen molar-refractivity contribution in [2.24, 2.45) is 11.8 Å². The number of benzene rings is 4. The fourth-order valence-corrected chi connectivity index (χ4v) is 10.7. The first-order chi connectivity index (χ1) is 46.5. The second-order valence-electron chi connectivity index (χ2n) is 21.5. The van der Waals surface area contributed by atoms with Crippen LogP contribution >= 0.6 is 8.25 Å². The second kappa shape index (κ2) is 39.6. The van der Waals surface area contributed by atoms with Crippen LogP contribution in [0.15, 0.2) is 130 Å². The number of amides is 8. The molecule has 0 fully saturated rings. The molecule has 6 aromatic rings. The Hall–Kier alpha value is -10.1. The van der Waals surface area contributed by atoms with Crippen LogP contribution in [-0.2, 0) is 42.5 Å². The number of furan rings is 2. The number of carbonyl (C=O) groups is 10.